The van der Waals surface area contributed by atoms with Crippen LogP contribution in [0.1, 0.15) is 29.6 Å². The van der Waals surface area contributed by atoms with E-state index in [0.717, 1.165) is 6.42 Å². The number of hydrogen-bond donors (Lipinski definition) is 1. The Labute approximate surface area is 145 Å². The van der Waals surface area contributed by atoms with Gasteiger partial charge in [0, 0.05) is 43.2 Å². The molecule has 1 aromatic rings. The van der Waals surface area contributed by atoms with Crippen molar-refractivity contribution in [1.29, 1.82) is 0 Å². The Morgan fingerprint density at radius 1 is 1.12 bits per heavy atom. The monoisotopic (exact) mass is 349 g/mol. The van der Waals surface area contributed by atoms with Crippen LogP contribution < -0.4 is 5.32 Å². The SMILES string of the molecule is O=C1CCC(C(=O)N2CCCN(C(=O)c3cccc(Cl)c3)CC2)N1. The molecule has 6 nitrogen and oxygen atoms in total. The van der Waals surface area contributed by atoms with Gasteiger partial charge in [0.25, 0.3) is 5.91 Å². The van der Waals surface area contributed by atoms with E-state index in [-0.39, 0.29) is 17.7 Å². The smallest absolute Gasteiger partial charge is 0.253 e. The zero-order valence-electron chi connectivity index (χ0n) is 13.3. The summed E-state index contributed by atoms with van der Waals surface area (Å²) in [4.78, 5) is 39.9. The molecule has 24 heavy (non-hydrogen) atoms. The van der Waals surface area contributed by atoms with Crippen molar-refractivity contribution >= 4 is 29.3 Å². The number of rotatable bonds is 2. The predicted molar refractivity (Wildman–Crippen MR) is 89.7 cm³/mol. The van der Waals surface area contributed by atoms with Crippen molar-refractivity contribution in [2.45, 2.75) is 25.3 Å². The first kappa shape index (κ1) is 16.8. The highest BCUT2D eigenvalue weighted by molar-refractivity contribution is 6.30. The van der Waals surface area contributed by atoms with Crippen molar-refractivity contribution in [3.05, 3.63) is 34.9 Å². The molecule has 1 N–H and O–H groups in total. The van der Waals surface area contributed by atoms with E-state index in [2.05, 4.69) is 5.32 Å². The summed E-state index contributed by atoms with van der Waals surface area (Å²) in [6.07, 6.45) is 1.68. The molecule has 3 amide bonds. The molecule has 2 aliphatic heterocycles. The van der Waals surface area contributed by atoms with E-state index in [0.29, 0.717) is 49.6 Å². The molecule has 1 unspecified atom stereocenters. The second-order valence-electron chi connectivity index (χ2n) is 6.14. The molecule has 1 aromatic carbocycles. The highest BCUT2D eigenvalue weighted by Gasteiger charge is 2.32. The van der Waals surface area contributed by atoms with Crippen LogP contribution in [-0.4, -0.2) is 59.7 Å². The fourth-order valence-corrected chi connectivity index (χ4v) is 3.36. The van der Waals surface area contributed by atoms with Crippen molar-refractivity contribution in [1.82, 2.24) is 15.1 Å². The van der Waals surface area contributed by atoms with Gasteiger partial charge < -0.3 is 15.1 Å². The zero-order chi connectivity index (χ0) is 17.1. The number of halogens is 1. The normalized spacial score (nSPS) is 21.4. The van der Waals surface area contributed by atoms with Gasteiger partial charge in [0.15, 0.2) is 0 Å². The molecule has 7 heteroatoms. The van der Waals surface area contributed by atoms with E-state index in [4.69, 9.17) is 11.6 Å². The minimum atomic E-state index is -0.410. The summed E-state index contributed by atoms with van der Waals surface area (Å²) in [5, 5.41) is 3.24. The van der Waals surface area contributed by atoms with Crippen LogP contribution in [0, 0.1) is 0 Å². The molecule has 2 aliphatic rings. The molecule has 3 rings (SSSR count). The highest BCUT2D eigenvalue weighted by atomic mass is 35.5. The van der Waals surface area contributed by atoms with E-state index in [1.165, 1.54) is 0 Å². The molecule has 0 spiro atoms. The summed E-state index contributed by atoms with van der Waals surface area (Å²) in [6.45, 7) is 2.17. The second-order valence-corrected chi connectivity index (χ2v) is 6.58. The average Bonchev–Trinajstić information content (AvgIpc) is 2.86. The maximum atomic E-state index is 12.6. The van der Waals surface area contributed by atoms with Gasteiger partial charge in [0.05, 0.1) is 0 Å². The van der Waals surface area contributed by atoms with Crippen LogP contribution in [0.2, 0.25) is 5.02 Å². The Morgan fingerprint density at radius 3 is 2.58 bits per heavy atom. The molecule has 2 heterocycles. The van der Waals surface area contributed by atoms with Crippen LogP contribution in [-0.2, 0) is 9.59 Å². The standard InChI is InChI=1S/C17H20ClN3O3/c18-13-4-1-3-12(11-13)16(23)20-7-2-8-21(10-9-20)17(24)14-5-6-15(22)19-14/h1,3-4,11,14H,2,5-10H2,(H,19,22). The summed E-state index contributed by atoms with van der Waals surface area (Å²) < 4.78 is 0. The number of hydrogen-bond acceptors (Lipinski definition) is 3. The van der Waals surface area contributed by atoms with Gasteiger partial charge in [-0.2, -0.15) is 0 Å². The third-order valence-corrected chi connectivity index (χ3v) is 4.69. The maximum Gasteiger partial charge on any atom is 0.253 e. The summed E-state index contributed by atoms with van der Waals surface area (Å²) >= 11 is 5.95. The van der Waals surface area contributed by atoms with E-state index in [9.17, 15) is 14.4 Å². The second kappa shape index (κ2) is 7.21. The van der Waals surface area contributed by atoms with Gasteiger partial charge in [0.2, 0.25) is 11.8 Å². The maximum absolute atomic E-state index is 12.6. The van der Waals surface area contributed by atoms with Gasteiger partial charge >= 0.3 is 0 Å². The van der Waals surface area contributed by atoms with E-state index in [1.54, 1.807) is 34.1 Å². The minimum absolute atomic E-state index is 0.0436. The van der Waals surface area contributed by atoms with Crippen molar-refractivity contribution in [2.24, 2.45) is 0 Å². The summed E-state index contributed by atoms with van der Waals surface area (Å²) in [5.74, 6) is -0.181. The fraction of sp³-hybridized carbons (Fsp3) is 0.471. The van der Waals surface area contributed by atoms with Crippen molar-refractivity contribution in [3.63, 3.8) is 0 Å². The van der Waals surface area contributed by atoms with Crippen molar-refractivity contribution in [3.8, 4) is 0 Å². The predicted octanol–water partition coefficient (Wildman–Crippen LogP) is 1.29. The van der Waals surface area contributed by atoms with E-state index < -0.39 is 6.04 Å². The summed E-state index contributed by atoms with van der Waals surface area (Å²) in [5.41, 5.74) is 0.560. The molecule has 0 aromatic heterocycles. The number of nitrogens with one attached hydrogen (secondary N) is 1. The van der Waals surface area contributed by atoms with Crippen LogP contribution >= 0.6 is 11.6 Å². The third kappa shape index (κ3) is 3.70. The fourth-order valence-electron chi connectivity index (χ4n) is 3.16. The number of amides is 3. The van der Waals surface area contributed by atoms with E-state index >= 15 is 0 Å². The Bertz CT molecular complexity index is 664. The zero-order valence-corrected chi connectivity index (χ0v) is 14.1. The number of carbonyl (C=O) groups excluding carboxylic acids is 3. The van der Waals surface area contributed by atoms with Crippen LogP contribution in [0.25, 0.3) is 0 Å². The third-order valence-electron chi connectivity index (χ3n) is 4.46. The quantitative estimate of drug-likeness (QED) is 0.874. The lowest BCUT2D eigenvalue weighted by molar-refractivity contribution is -0.134. The first-order chi connectivity index (χ1) is 11.5. The van der Waals surface area contributed by atoms with Gasteiger partial charge in [-0.25, -0.2) is 0 Å². The molecule has 0 saturated carbocycles. The van der Waals surface area contributed by atoms with E-state index in [1.807, 2.05) is 0 Å². The number of benzene rings is 1. The van der Waals surface area contributed by atoms with Crippen LogP contribution in [0.5, 0.6) is 0 Å². The van der Waals surface area contributed by atoms with Gasteiger partial charge in [-0.05, 0) is 31.0 Å². The Balaban J connectivity index is 1.61. The molecule has 0 radical (unpaired) electrons. The lowest BCUT2D eigenvalue weighted by atomic mass is 10.2. The molecule has 2 saturated heterocycles. The Hall–Kier alpha value is -2.08. The van der Waals surface area contributed by atoms with Gasteiger partial charge in [-0.15, -0.1) is 0 Å². The lowest BCUT2D eigenvalue weighted by Crippen LogP contribution is -2.46. The largest absolute Gasteiger partial charge is 0.344 e. The first-order valence-electron chi connectivity index (χ1n) is 8.17. The Kier molecular flexibility index (Phi) is 5.04. The molecule has 0 aliphatic carbocycles. The van der Waals surface area contributed by atoms with Gasteiger partial charge in [0.1, 0.15) is 6.04 Å². The molecule has 2 fully saturated rings. The van der Waals surface area contributed by atoms with Crippen molar-refractivity contribution < 1.29 is 14.4 Å². The molecule has 1 atom stereocenters. The number of nitrogens with zero attached hydrogens (tertiary/aromatic N) is 2. The molecular formula is C17H20ClN3O3. The average molecular weight is 350 g/mol. The number of carbonyl (C=O) groups is 3. The van der Waals surface area contributed by atoms with Crippen LogP contribution in [0.4, 0.5) is 0 Å². The Morgan fingerprint density at radius 2 is 1.88 bits per heavy atom. The molecule has 0 bridgehead atoms. The lowest BCUT2D eigenvalue weighted by Gasteiger charge is -2.24. The van der Waals surface area contributed by atoms with Gasteiger partial charge in [-0.1, -0.05) is 17.7 Å². The highest BCUT2D eigenvalue weighted by Crippen LogP contribution is 2.16. The molecular weight excluding hydrogens is 330 g/mol. The van der Waals surface area contributed by atoms with Crippen LogP contribution in [0.3, 0.4) is 0 Å². The van der Waals surface area contributed by atoms with Crippen molar-refractivity contribution in [2.75, 3.05) is 26.2 Å². The summed E-state index contributed by atoms with van der Waals surface area (Å²) in [7, 11) is 0. The van der Waals surface area contributed by atoms with Crippen LogP contribution in [0.15, 0.2) is 24.3 Å². The topological polar surface area (TPSA) is 69.7 Å². The van der Waals surface area contributed by atoms with Gasteiger partial charge in [-0.3, -0.25) is 14.4 Å². The molecule has 128 valence electrons. The summed E-state index contributed by atoms with van der Waals surface area (Å²) in [6, 6.07) is 6.48. The first-order valence-corrected chi connectivity index (χ1v) is 8.55. The minimum Gasteiger partial charge on any atom is -0.344 e.